The third-order valence-electron chi connectivity index (χ3n) is 2.10. The molecule has 0 unspecified atom stereocenters. The van der Waals surface area contributed by atoms with Crippen LogP contribution in [-0.2, 0) is 0 Å². The highest BCUT2D eigenvalue weighted by Gasteiger charge is 2.06. The first-order valence-electron chi connectivity index (χ1n) is 3.82. The number of aromatic nitrogens is 1. The number of benzene rings is 1. The quantitative estimate of drug-likeness (QED) is 0.549. The highest BCUT2D eigenvalue weighted by molar-refractivity contribution is 5.99. The first-order valence-corrected chi connectivity index (χ1v) is 3.82. The molecule has 0 fully saturated rings. The van der Waals surface area contributed by atoms with Crippen LogP contribution in [0.5, 0.6) is 0 Å². The van der Waals surface area contributed by atoms with Gasteiger partial charge < -0.3 is 16.5 Å². The summed E-state index contributed by atoms with van der Waals surface area (Å²) >= 11 is 0. The van der Waals surface area contributed by atoms with Gasteiger partial charge in [-0.3, -0.25) is 0 Å². The van der Waals surface area contributed by atoms with Gasteiger partial charge in [-0.1, -0.05) is 12.1 Å². The van der Waals surface area contributed by atoms with E-state index in [4.69, 9.17) is 11.5 Å². The van der Waals surface area contributed by atoms with Crippen molar-refractivity contribution in [2.45, 2.75) is 6.92 Å². The standard InChI is InChI=1S/C9H11N3/c1-5-3-2-4-6-7(5)8(10)9(11)12-6/h2-4,12H,10-11H2,1H3. The summed E-state index contributed by atoms with van der Waals surface area (Å²) < 4.78 is 0. The van der Waals surface area contributed by atoms with Crippen molar-refractivity contribution in [3.05, 3.63) is 23.8 Å². The molecule has 2 aromatic rings. The van der Waals surface area contributed by atoms with E-state index in [1.54, 1.807) is 0 Å². The molecule has 3 heteroatoms. The lowest BCUT2D eigenvalue weighted by atomic mass is 10.1. The van der Waals surface area contributed by atoms with Crippen molar-refractivity contribution < 1.29 is 0 Å². The van der Waals surface area contributed by atoms with Gasteiger partial charge in [-0.15, -0.1) is 0 Å². The SMILES string of the molecule is Cc1cccc2[nH]c(N)c(N)c12. The van der Waals surface area contributed by atoms with Gasteiger partial charge in [-0.2, -0.15) is 0 Å². The second-order valence-corrected chi connectivity index (χ2v) is 2.95. The van der Waals surface area contributed by atoms with Crippen LogP contribution in [0.1, 0.15) is 5.56 Å². The summed E-state index contributed by atoms with van der Waals surface area (Å²) in [6.45, 7) is 2.02. The van der Waals surface area contributed by atoms with Crippen LogP contribution in [0.3, 0.4) is 0 Å². The minimum absolute atomic E-state index is 0.555. The van der Waals surface area contributed by atoms with Gasteiger partial charge in [-0.05, 0) is 18.6 Å². The average Bonchev–Trinajstić information content (AvgIpc) is 2.29. The maximum absolute atomic E-state index is 5.78. The highest BCUT2D eigenvalue weighted by Crippen LogP contribution is 2.28. The zero-order valence-electron chi connectivity index (χ0n) is 6.89. The molecule has 0 spiro atoms. The van der Waals surface area contributed by atoms with Crippen molar-refractivity contribution >= 4 is 22.4 Å². The van der Waals surface area contributed by atoms with Gasteiger partial charge in [0.05, 0.1) is 5.69 Å². The zero-order valence-corrected chi connectivity index (χ0v) is 6.89. The Morgan fingerprint density at radius 2 is 2.00 bits per heavy atom. The van der Waals surface area contributed by atoms with Gasteiger partial charge >= 0.3 is 0 Å². The number of aryl methyl sites for hydroxylation is 1. The minimum Gasteiger partial charge on any atom is -0.395 e. The number of rotatable bonds is 0. The van der Waals surface area contributed by atoms with Crippen molar-refractivity contribution in [3.63, 3.8) is 0 Å². The van der Waals surface area contributed by atoms with Crippen molar-refractivity contribution in [2.24, 2.45) is 0 Å². The number of fused-ring (bicyclic) bond motifs is 1. The van der Waals surface area contributed by atoms with Gasteiger partial charge in [-0.25, -0.2) is 0 Å². The molecule has 0 radical (unpaired) electrons. The zero-order chi connectivity index (χ0) is 8.72. The molecule has 12 heavy (non-hydrogen) atoms. The monoisotopic (exact) mass is 161 g/mol. The Bertz CT molecular complexity index is 429. The number of H-pyrrole nitrogens is 1. The molecule has 0 aliphatic heterocycles. The molecule has 1 aromatic carbocycles. The molecule has 0 bridgehead atoms. The van der Waals surface area contributed by atoms with E-state index < -0.39 is 0 Å². The van der Waals surface area contributed by atoms with E-state index in [2.05, 4.69) is 4.98 Å². The number of nitrogens with one attached hydrogen (secondary N) is 1. The van der Waals surface area contributed by atoms with Crippen LogP contribution in [0.25, 0.3) is 10.9 Å². The summed E-state index contributed by atoms with van der Waals surface area (Å²) in [5.74, 6) is 0.555. The summed E-state index contributed by atoms with van der Waals surface area (Å²) in [5.41, 5.74) is 14.2. The molecule has 5 N–H and O–H groups in total. The lowest BCUT2D eigenvalue weighted by Crippen LogP contribution is -1.91. The summed E-state index contributed by atoms with van der Waals surface area (Å²) in [4.78, 5) is 3.02. The molecule has 0 amide bonds. The first kappa shape index (κ1) is 7.03. The fourth-order valence-electron chi connectivity index (χ4n) is 1.48. The second-order valence-electron chi connectivity index (χ2n) is 2.95. The first-order chi connectivity index (χ1) is 5.70. The van der Waals surface area contributed by atoms with E-state index in [0.29, 0.717) is 11.5 Å². The van der Waals surface area contributed by atoms with Crippen LogP contribution < -0.4 is 11.5 Å². The van der Waals surface area contributed by atoms with Crippen LogP contribution in [0.4, 0.5) is 11.5 Å². The second kappa shape index (κ2) is 2.17. The molecule has 62 valence electrons. The molecule has 0 aliphatic rings. The van der Waals surface area contributed by atoms with E-state index in [1.807, 2.05) is 25.1 Å². The van der Waals surface area contributed by atoms with Crippen LogP contribution >= 0.6 is 0 Å². The minimum atomic E-state index is 0.555. The van der Waals surface area contributed by atoms with Crippen molar-refractivity contribution in [3.8, 4) is 0 Å². The predicted octanol–water partition coefficient (Wildman–Crippen LogP) is 1.64. The summed E-state index contributed by atoms with van der Waals surface area (Å²) in [6.07, 6.45) is 0. The van der Waals surface area contributed by atoms with E-state index in [-0.39, 0.29) is 0 Å². The number of hydrogen-bond acceptors (Lipinski definition) is 2. The summed E-state index contributed by atoms with van der Waals surface area (Å²) in [6, 6.07) is 5.97. The third kappa shape index (κ3) is 0.763. The average molecular weight is 161 g/mol. The van der Waals surface area contributed by atoms with Gasteiger partial charge in [0.1, 0.15) is 5.82 Å². The van der Waals surface area contributed by atoms with Crippen molar-refractivity contribution in [1.29, 1.82) is 0 Å². The topological polar surface area (TPSA) is 67.8 Å². The molecule has 1 aromatic heterocycles. The molecule has 0 saturated heterocycles. The van der Waals surface area contributed by atoms with Crippen molar-refractivity contribution in [2.75, 3.05) is 11.5 Å². The largest absolute Gasteiger partial charge is 0.395 e. The van der Waals surface area contributed by atoms with E-state index >= 15 is 0 Å². The summed E-state index contributed by atoms with van der Waals surface area (Å²) in [5, 5.41) is 1.04. The number of aromatic amines is 1. The van der Waals surface area contributed by atoms with Crippen LogP contribution in [0.15, 0.2) is 18.2 Å². The Morgan fingerprint density at radius 1 is 1.25 bits per heavy atom. The normalized spacial score (nSPS) is 10.8. The molecule has 0 saturated carbocycles. The number of anilines is 2. The lowest BCUT2D eigenvalue weighted by molar-refractivity contribution is 1.47. The summed E-state index contributed by atoms with van der Waals surface area (Å²) in [7, 11) is 0. The maximum Gasteiger partial charge on any atom is 0.125 e. The van der Waals surface area contributed by atoms with Gasteiger partial charge in [0.25, 0.3) is 0 Å². The molecular weight excluding hydrogens is 150 g/mol. The Labute approximate surface area is 70.4 Å². The Hall–Kier alpha value is -1.64. The maximum atomic E-state index is 5.78. The third-order valence-corrected chi connectivity index (χ3v) is 2.10. The Kier molecular flexibility index (Phi) is 1.27. The van der Waals surface area contributed by atoms with Gasteiger partial charge in [0, 0.05) is 10.9 Å². The van der Waals surface area contributed by atoms with E-state index in [9.17, 15) is 0 Å². The lowest BCUT2D eigenvalue weighted by Gasteiger charge is -1.95. The van der Waals surface area contributed by atoms with E-state index in [0.717, 1.165) is 16.5 Å². The van der Waals surface area contributed by atoms with Crippen LogP contribution in [0.2, 0.25) is 0 Å². The Balaban J connectivity index is 2.97. The number of hydrogen-bond donors (Lipinski definition) is 3. The molecule has 0 aliphatic carbocycles. The van der Waals surface area contributed by atoms with Crippen molar-refractivity contribution in [1.82, 2.24) is 4.98 Å². The van der Waals surface area contributed by atoms with E-state index in [1.165, 1.54) is 0 Å². The molecule has 3 nitrogen and oxygen atoms in total. The highest BCUT2D eigenvalue weighted by atomic mass is 14.9. The molecule has 2 rings (SSSR count). The van der Waals surface area contributed by atoms with Crippen LogP contribution in [0, 0.1) is 6.92 Å². The fraction of sp³-hybridized carbons (Fsp3) is 0.111. The smallest absolute Gasteiger partial charge is 0.125 e. The Morgan fingerprint density at radius 3 is 2.67 bits per heavy atom. The molecule has 0 atom stereocenters. The number of nitrogens with two attached hydrogens (primary N) is 2. The van der Waals surface area contributed by atoms with Crippen LogP contribution in [-0.4, -0.2) is 4.98 Å². The predicted molar refractivity (Wildman–Crippen MR) is 51.9 cm³/mol. The fourth-order valence-corrected chi connectivity index (χ4v) is 1.48. The molecule has 1 heterocycles. The van der Waals surface area contributed by atoms with Gasteiger partial charge in [0.15, 0.2) is 0 Å². The number of nitrogen functional groups attached to an aromatic ring is 2. The van der Waals surface area contributed by atoms with Gasteiger partial charge in [0.2, 0.25) is 0 Å². The molecular formula is C9H11N3.